The number of carbonyl (C=O) groups is 1. The third-order valence-corrected chi connectivity index (χ3v) is 3.92. The van der Waals surface area contributed by atoms with Gasteiger partial charge in [-0.1, -0.05) is 30.3 Å². The molecule has 0 aromatic heterocycles. The fraction of sp³-hybridized carbons (Fsp3) is 0.562. The summed E-state index contributed by atoms with van der Waals surface area (Å²) < 4.78 is 0. The minimum Gasteiger partial charge on any atom is -0.340 e. The maximum absolute atomic E-state index is 12.3. The van der Waals surface area contributed by atoms with Crippen molar-refractivity contribution in [2.45, 2.75) is 44.6 Å². The largest absolute Gasteiger partial charge is 0.340 e. The number of benzene rings is 1. The maximum Gasteiger partial charge on any atom is 0.223 e. The SMILES string of the molecule is Cl.NCCC1CCCCN1C(=O)CCc1ccccc1. The van der Waals surface area contributed by atoms with Crippen LogP contribution >= 0.6 is 12.4 Å². The second-order valence-electron chi connectivity index (χ2n) is 5.30. The Kier molecular flexibility index (Phi) is 7.63. The summed E-state index contributed by atoms with van der Waals surface area (Å²) in [6.45, 7) is 1.59. The summed E-state index contributed by atoms with van der Waals surface area (Å²) in [6.07, 6.45) is 5.88. The summed E-state index contributed by atoms with van der Waals surface area (Å²) in [6, 6.07) is 10.6. The van der Waals surface area contributed by atoms with Crippen molar-refractivity contribution in [2.24, 2.45) is 5.73 Å². The Hall–Kier alpha value is -1.06. The normalized spacial score (nSPS) is 18.4. The van der Waals surface area contributed by atoms with Gasteiger partial charge in [-0.05, 0) is 44.2 Å². The van der Waals surface area contributed by atoms with Gasteiger partial charge in [-0.2, -0.15) is 0 Å². The van der Waals surface area contributed by atoms with Gasteiger partial charge in [0.15, 0.2) is 0 Å². The van der Waals surface area contributed by atoms with E-state index < -0.39 is 0 Å². The fourth-order valence-corrected chi connectivity index (χ4v) is 2.86. The third kappa shape index (κ3) is 4.80. The monoisotopic (exact) mass is 296 g/mol. The standard InChI is InChI=1S/C16H24N2O.ClH/c17-12-11-15-8-4-5-13-18(15)16(19)10-9-14-6-2-1-3-7-14;/h1-3,6-7,15H,4-5,8-13,17H2;1H. The first kappa shape index (κ1) is 17.0. The molecule has 1 aromatic rings. The summed E-state index contributed by atoms with van der Waals surface area (Å²) in [5.74, 6) is 0.294. The van der Waals surface area contributed by atoms with Gasteiger partial charge in [0.1, 0.15) is 0 Å². The van der Waals surface area contributed by atoms with Gasteiger partial charge in [-0.15, -0.1) is 12.4 Å². The number of aryl methyl sites for hydroxylation is 1. The second-order valence-corrected chi connectivity index (χ2v) is 5.30. The molecule has 1 unspecified atom stereocenters. The van der Waals surface area contributed by atoms with Gasteiger partial charge in [0.2, 0.25) is 5.91 Å². The van der Waals surface area contributed by atoms with E-state index in [1.165, 1.54) is 12.0 Å². The van der Waals surface area contributed by atoms with Gasteiger partial charge in [0.05, 0.1) is 0 Å². The number of nitrogens with two attached hydrogens (primary N) is 1. The molecule has 0 radical (unpaired) electrons. The lowest BCUT2D eigenvalue weighted by atomic mass is 9.98. The molecule has 20 heavy (non-hydrogen) atoms. The number of nitrogens with zero attached hydrogens (tertiary/aromatic N) is 1. The van der Waals surface area contributed by atoms with Crippen molar-refractivity contribution in [1.29, 1.82) is 0 Å². The Bertz CT molecular complexity index is 395. The van der Waals surface area contributed by atoms with Crippen LogP contribution in [0.4, 0.5) is 0 Å². The predicted octanol–water partition coefficient (Wildman–Crippen LogP) is 2.77. The van der Waals surface area contributed by atoms with Crippen molar-refractivity contribution >= 4 is 18.3 Å². The van der Waals surface area contributed by atoms with Crippen molar-refractivity contribution in [2.75, 3.05) is 13.1 Å². The number of likely N-dealkylation sites (tertiary alicyclic amines) is 1. The molecule has 1 aliphatic heterocycles. The van der Waals surface area contributed by atoms with E-state index in [1.807, 2.05) is 18.2 Å². The number of piperidine rings is 1. The number of carbonyl (C=O) groups excluding carboxylic acids is 1. The molecule has 1 heterocycles. The minimum absolute atomic E-state index is 0. The molecule has 112 valence electrons. The van der Waals surface area contributed by atoms with Crippen molar-refractivity contribution in [1.82, 2.24) is 4.90 Å². The summed E-state index contributed by atoms with van der Waals surface area (Å²) in [5, 5.41) is 0. The van der Waals surface area contributed by atoms with E-state index in [0.717, 1.165) is 32.2 Å². The Morgan fingerprint density at radius 3 is 2.70 bits per heavy atom. The van der Waals surface area contributed by atoms with Crippen LogP contribution in [0.15, 0.2) is 30.3 Å². The molecule has 2 N–H and O–H groups in total. The van der Waals surface area contributed by atoms with Gasteiger partial charge < -0.3 is 10.6 Å². The van der Waals surface area contributed by atoms with Gasteiger partial charge in [0.25, 0.3) is 0 Å². The number of amides is 1. The molecule has 0 saturated carbocycles. The van der Waals surface area contributed by atoms with Crippen LogP contribution in [-0.4, -0.2) is 29.9 Å². The van der Waals surface area contributed by atoms with Crippen molar-refractivity contribution in [3.8, 4) is 0 Å². The number of rotatable bonds is 5. The molecular formula is C16H25ClN2O. The van der Waals surface area contributed by atoms with Crippen LogP contribution in [0.25, 0.3) is 0 Å². The van der Waals surface area contributed by atoms with E-state index in [9.17, 15) is 4.79 Å². The summed E-state index contributed by atoms with van der Waals surface area (Å²) in [5.41, 5.74) is 6.89. The second kappa shape index (κ2) is 8.98. The highest BCUT2D eigenvalue weighted by Crippen LogP contribution is 2.20. The molecule has 0 aliphatic carbocycles. The maximum atomic E-state index is 12.3. The molecule has 3 nitrogen and oxygen atoms in total. The van der Waals surface area contributed by atoms with Crippen LogP contribution in [-0.2, 0) is 11.2 Å². The minimum atomic E-state index is 0. The lowest BCUT2D eigenvalue weighted by Gasteiger charge is -2.35. The summed E-state index contributed by atoms with van der Waals surface area (Å²) in [4.78, 5) is 14.4. The molecule has 1 atom stereocenters. The third-order valence-electron chi connectivity index (χ3n) is 3.92. The molecule has 1 saturated heterocycles. The van der Waals surface area contributed by atoms with Crippen LogP contribution in [0, 0.1) is 0 Å². The smallest absolute Gasteiger partial charge is 0.223 e. The molecule has 0 spiro atoms. The van der Waals surface area contributed by atoms with E-state index in [4.69, 9.17) is 5.73 Å². The Labute approximate surface area is 127 Å². The summed E-state index contributed by atoms with van der Waals surface area (Å²) in [7, 11) is 0. The zero-order valence-electron chi connectivity index (χ0n) is 12.0. The van der Waals surface area contributed by atoms with Crippen LogP contribution < -0.4 is 5.73 Å². The first-order chi connectivity index (χ1) is 9.31. The van der Waals surface area contributed by atoms with Crippen molar-refractivity contribution in [3.05, 3.63) is 35.9 Å². The lowest BCUT2D eigenvalue weighted by Crippen LogP contribution is -2.44. The van der Waals surface area contributed by atoms with E-state index in [2.05, 4.69) is 17.0 Å². The van der Waals surface area contributed by atoms with Gasteiger partial charge >= 0.3 is 0 Å². The fourth-order valence-electron chi connectivity index (χ4n) is 2.86. The highest BCUT2D eigenvalue weighted by Gasteiger charge is 2.25. The molecule has 1 fully saturated rings. The molecule has 1 aliphatic rings. The average Bonchev–Trinajstić information content (AvgIpc) is 2.47. The molecule has 1 amide bonds. The van der Waals surface area contributed by atoms with Crippen molar-refractivity contribution < 1.29 is 4.79 Å². The summed E-state index contributed by atoms with van der Waals surface area (Å²) >= 11 is 0. The van der Waals surface area contributed by atoms with Gasteiger partial charge in [-0.3, -0.25) is 4.79 Å². The quantitative estimate of drug-likeness (QED) is 0.908. The number of hydrogen-bond acceptors (Lipinski definition) is 2. The molecule has 0 bridgehead atoms. The van der Waals surface area contributed by atoms with Crippen LogP contribution in [0.1, 0.15) is 37.7 Å². The Morgan fingerprint density at radius 2 is 2.00 bits per heavy atom. The predicted molar refractivity (Wildman–Crippen MR) is 85.0 cm³/mol. The van der Waals surface area contributed by atoms with Gasteiger partial charge in [-0.25, -0.2) is 0 Å². The average molecular weight is 297 g/mol. The first-order valence-corrected chi connectivity index (χ1v) is 7.34. The molecule has 1 aromatic carbocycles. The van der Waals surface area contributed by atoms with Crippen LogP contribution in [0.2, 0.25) is 0 Å². The highest BCUT2D eigenvalue weighted by atomic mass is 35.5. The van der Waals surface area contributed by atoms with E-state index in [0.29, 0.717) is 24.9 Å². The molecule has 4 heteroatoms. The zero-order chi connectivity index (χ0) is 13.5. The van der Waals surface area contributed by atoms with E-state index in [-0.39, 0.29) is 12.4 Å². The van der Waals surface area contributed by atoms with E-state index in [1.54, 1.807) is 0 Å². The van der Waals surface area contributed by atoms with Crippen LogP contribution in [0.5, 0.6) is 0 Å². The van der Waals surface area contributed by atoms with Crippen molar-refractivity contribution in [3.63, 3.8) is 0 Å². The zero-order valence-corrected chi connectivity index (χ0v) is 12.8. The number of halogens is 1. The van der Waals surface area contributed by atoms with Crippen LogP contribution in [0.3, 0.4) is 0 Å². The molecular weight excluding hydrogens is 272 g/mol. The van der Waals surface area contributed by atoms with E-state index >= 15 is 0 Å². The highest BCUT2D eigenvalue weighted by molar-refractivity contribution is 5.85. The lowest BCUT2D eigenvalue weighted by molar-refractivity contribution is -0.134. The Balaban J connectivity index is 0.00000200. The molecule has 2 rings (SSSR count). The number of hydrogen-bond donors (Lipinski definition) is 1. The Morgan fingerprint density at radius 1 is 1.25 bits per heavy atom. The topological polar surface area (TPSA) is 46.3 Å². The van der Waals surface area contributed by atoms with Gasteiger partial charge in [0, 0.05) is 19.0 Å². The first-order valence-electron chi connectivity index (χ1n) is 7.34.